The second kappa shape index (κ2) is 7.27. The van der Waals surface area contributed by atoms with E-state index in [0.717, 1.165) is 44.3 Å². The molecule has 0 saturated carbocycles. The minimum atomic E-state index is -0.461. The number of likely N-dealkylation sites (tertiary alicyclic amines) is 1. The Morgan fingerprint density at radius 3 is 2.86 bits per heavy atom. The first-order chi connectivity index (χ1) is 10.3. The van der Waals surface area contributed by atoms with E-state index < -0.39 is 5.60 Å². The van der Waals surface area contributed by atoms with Gasteiger partial charge in [0.1, 0.15) is 10.8 Å². The van der Waals surface area contributed by atoms with Crippen molar-refractivity contribution in [2.45, 2.75) is 64.5 Å². The highest BCUT2D eigenvalue weighted by Crippen LogP contribution is 2.23. The van der Waals surface area contributed by atoms with Crippen molar-refractivity contribution < 1.29 is 9.53 Å². The quantitative estimate of drug-likeness (QED) is 0.847. The van der Waals surface area contributed by atoms with Crippen LogP contribution in [0.4, 0.5) is 4.79 Å². The molecular weight excluding hydrogens is 302 g/mol. The van der Waals surface area contributed by atoms with E-state index in [4.69, 9.17) is 16.3 Å². The predicted octanol–water partition coefficient (Wildman–Crippen LogP) is 3.85. The maximum absolute atomic E-state index is 12.3. The molecule has 1 aromatic rings. The molecule has 0 bridgehead atoms. The van der Waals surface area contributed by atoms with Gasteiger partial charge in [-0.15, -0.1) is 0 Å². The van der Waals surface area contributed by atoms with Gasteiger partial charge < -0.3 is 9.64 Å². The van der Waals surface area contributed by atoms with Gasteiger partial charge in [0.05, 0.1) is 11.9 Å². The summed E-state index contributed by atoms with van der Waals surface area (Å²) in [6.45, 7) is 6.45. The Morgan fingerprint density at radius 1 is 1.41 bits per heavy atom. The topological polar surface area (TPSA) is 55.3 Å². The average molecular weight is 326 g/mol. The van der Waals surface area contributed by atoms with Crippen LogP contribution in [0.15, 0.2) is 12.4 Å². The Balaban J connectivity index is 1.96. The molecule has 0 radical (unpaired) electrons. The third-order valence-corrected chi connectivity index (χ3v) is 3.83. The Bertz CT molecular complexity index is 516. The second-order valence-corrected chi connectivity index (χ2v) is 7.08. The van der Waals surface area contributed by atoms with Gasteiger partial charge in [-0.1, -0.05) is 11.6 Å². The molecule has 122 valence electrons. The molecule has 1 aliphatic rings. The minimum absolute atomic E-state index is 0.199. The summed E-state index contributed by atoms with van der Waals surface area (Å²) < 4.78 is 5.52. The van der Waals surface area contributed by atoms with E-state index in [1.54, 1.807) is 6.20 Å². The van der Waals surface area contributed by atoms with Gasteiger partial charge in [0, 0.05) is 18.8 Å². The molecule has 1 aliphatic heterocycles. The normalized spacial score (nSPS) is 19.1. The lowest BCUT2D eigenvalue weighted by atomic mass is 9.98. The van der Waals surface area contributed by atoms with Gasteiger partial charge in [-0.25, -0.2) is 9.78 Å². The third kappa shape index (κ3) is 5.13. The van der Waals surface area contributed by atoms with E-state index in [9.17, 15) is 4.79 Å². The Morgan fingerprint density at radius 2 is 2.18 bits per heavy atom. The summed E-state index contributed by atoms with van der Waals surface area (Å²) in [4.78, 5) is 22.5. The molecule has 1 unspecified atom stereocenters. The fourth-order valence-electron chi connectivity index (χ4n) is 2.68. The van der Waals surface area contributed by atoms with Gasteiger partial charge in [0.15, 0.2) is 0 Å². The predicted molar refractivity (Wildman–Crippen MR) is 85.9 cm³/mol. The highest BCUT2D eigenvalue weighted by Gasteiger charge is 2.30. The molecule has 22 heavy (non-hydrogen) atoms. The van der Waals surface area contributed by atoms with Gasteiger partial charge >= 0.3 is 6.09 Å². The van der Waals surface area contributed by atoms with Crippen molar-refractivity contribution in [2.75, 3.05) is 6.54 Å². The number of aryl methyl sites for hydroxylation is 1. The van der Waals surface area contributed by atoms with Crippen LogP contribution in [0.1, 0.15) is 52.1 Å². The highest BCUT2D eigenvalue weighted by atomic mass is 35.5. The standard InChI is InChI=1S/C16H24ClN3O2/c1-16(2,3)22-15(21)20-9-5-4-6-13(20)8-7-12-10-18-11-14(17)19-12/h10-11,13H,4-9H2,1-3H3. The number of hydrogen-bond donors (Lipinski definition) is 0. The van der Waals surface area contributed by atoms with E-state index in [0.29, 0.717) is 5.15 Å². The molecule has 6 heteroatoms. The van der Waals surface area contributed by atoms with Crippen molar-refractivity contribution >= 4 is 17.7 Å². The number of amides is 1. The molecular formula is C16H24ClN3O2. The zero-order chi connectivity index (χ0) is 16.2. The molecule has 1 aromatic heterocycles. The number of ether oxygens (including phenoxy) is 1. The lowest BCUT2D eigenvalue weighted by molar-refractivity contribution is 0.00888. The number of piperidine rings is 1. The first-order valence-electron chi connectivity index (χ1n) is 7.81. The van der Waals surface area contributed by atoms with E-state index in [-0.39, 0.29) is 12.1 Å². The molecule has 1 fully saturated rings. The van der Waals surface area contributed by atoms with Crippen molar-refractivity contribution in [3.05, 3.63) is 23.2 Å². The molecule has 1 atom stereocenters. The summed E-state index contributed by atoms with van der Waals surface area (Å²) in [5.74, 6) is 0. The van der Waals surface area contributed by atoms with Crippen LogP contribution in [0.5, 0.6) is 0 Å². The Kier molecular flexibility index (Phi) is 5.62. The van der Waals surface area contributed by atoms with E-state index in [2.05, 4.69) is 9.97 Å². The van der Waals surface area contributed by atoms with Gasteiger partial charge in [0.2, 0.25) is 0 Å². The van der Waals surface area contributed by atoms with Crippen molar-refractivity contribution in [1.29, 1.82) is 0 Å². The van der Waals surface area contributed by atoms with Crippen molar-refractivity contribution in [2.24, 2.45) is 0 Å². The van der Waals surface area contributed by atoms with E-state index in [1.807, 2.05) is 25.7 Å². The zero-order valence-corrected chi connectivity index (χ0v) is 14.3. The first kappa shape index (κ1) is 17.0. The Hall–Kier alpha value is -1.36. The van der Waals surface area contributed by atoms with Gasteiger partial charge in [-0.2, -0.15) is 0 Å². The van der Waals surface area contributed by atoms with Crippen LogP contribution in [0.3, 0.4) is 0 Å². The maximum atomic E-state index is 12.3. The molecule has 0 N–H and O–H groups in total. The van der Waals surface area contributed by atoms with Crippen molar-refractivity contribution in [1.82, 2.24) is 14.9 Å². The van der Waals surface area contributed by atoms with Gasteiger partial charge in [0.25, 0.3) is 0 Å². The highest BCUT2D eigenvalue weighted by molar-refractivity contribution is 6.29. The number of nitrogens with zero attached hydrogens (tertiary/aromatic N) is 3. The molecule has 0 spiro atoms. The molecule has 2 rings (SSSR count). The van der Waals surface area contributed by atoms with Crippen LogP contribution in [-0.4, -0.2) is 39.1 Å². The number of halogens is 1. The lowest BCUT2D eigenvalue weighted by Crippen LogP contribution is -2.46. The van der Waals surface area contributed by atoms with Crippen LogP contribution >= 0.6 is 11.6 Å². The van der Waals surface area contributed by atoms with Crippen LogP contribution in [0.2, 0.25) is 5.15 Å². The maximum Gasteiger partial charge on any atom is 0.410 e. The van der Waals surface area contributed by atoms with E-state index in [1.165, 1.54) is 6.20 Å². The molecule has 2 heterocycles. The summed E-state index contributed by atoms with van der Waals surface area (Å²) in [6.07, 6.45) is 7.84. The summed E-state index contributed by atoms with van der Waals surface area (Å²) >= 11 is 5.86. The number of hydrogen-bond acceptors (Lipinski definition) is 4. The fraction of sp³-hybridized carbons (Fsp3) is 0.688. The van der Waals surface area contributed by atoms with Crippen LogP contribution in [0.25, 0.3) is 0 Å². The largest absolute Gasteiger partial charge is 0.444 e. The number of aromatic nitrogens is 2. The van der Waals surface area contributed by atoms with Gasteiger partial charge in [-0.3, -0.25) is 4.98 Å². The SMILES string of the molecule is CC(C)(C)OC(=O)N1CCCCC1CCc1cncc(Cl)n1. The Labute approximate surface area is 137 Å². The molecule has 0 aromatic carbocycles. The molecule has 0 aliphatic carbocycles. The first-order valence-corrected chi connectivity index (χ1v) is 8.19. The number of carbonyl (C=O) groups excluding carboxylic acids is 1. The van der Waals surface area contributed by atoms with Crippen LogP contribution in [0, 0.1) is 0 Å². The monoisotopic (exact) mass is 325 g/mol. The second-order valence-electron chi connectivity index (χ2n) is 6.70. The molecule has 1 saturated heterocycles. The van der Waals surface area contributed by atoms with Crippen LogP contribution in [-0.2, 0) is 11.2 Å². The number of rotatable bonds is 3. The minimum Gasteiger partial charge on any atom is -0.444 e. The summed E-state index contributed by atoms with van der Waals surface area (Å²) in [5.41, 5.74) is 0.402. The van der Waals surface area contributed by atoms with Crippen LogP contribution < -0.4 is 0 Å². The molecule has 1 amide bonds. The zero-order valence-electron chi connectivity index (χ0n) is 13.5. The number of carbonyl (C=O) groups is 1. The van der Waals surface area contributed by atoms with Crippen molar-refractivity contribution in [3.8, 4) is 0 Å². The molecule has 5 nitrogen and oxygen atoms in total. The van der Waals surface area contributed by atoms with Gasteiger partial charge in [-0.05, 0) is 52.9 Å². The van der Waals surface area contributed by atoms with E-state index >= 15 is 0 Å². The van der Waals surface area contributed by atoms with Crippen molar-refractivity contribution in [3.63, 3.8) is 0 Å². The lowest BCUT2D eigenvalue weighted by Gasteiger charge is -2.36. The smallest absolute Gasteiger partial charge is 0.410 e. The summed E-state index contributed by atoms with van der Waals surface area (Å²) in [6, 6.07) is 0.199. The summed E-state index contributed by atoms with van der Waals surface area (Å²) in [5, 5.41) is 0.408. The average Bonchev–Trinajstić information content (AvgIpc) is 2.44. The summed E-state index contributed by atoms with van der Waals surface area (Å²) in [7, 11) is 0. The fourth-order valence-corrected chi connectivity index (χ4v) is 2.84. The third-order valence-electron chi connectivity index (χ3n) is 3.64.